The summed E-state index contributed by atoms with van der Waals surface area (Å²) in [5.74, 6) is 0.951. The highest BCUT2D eigenvalue weighted by Crippen LogP contribution is 2.08. The molecule has 0 aromatic heterocycles. The van der Waals surface area contributed by atoms with Gasteiger partial charge < -0.3 is 0 Å². The summed E-state index contributed by atoms with van der Waals surface area (Å²) in [5.41, 5.74) is 0.624. The Balaban J connectivity index is 3.31. The Kier molecular flexibility index (Phi) is 6.59. The molecule has 0 aliphatic heterocycles. The number of hydrogen-bond acceptors (Lipinski definition) is 3. The van der Waals surface area contributed by atoms with Crippen LogP contribution >= 0.6 is 11.8 Å². The Bertz CT molecular complexity index is 209. The molecule has 3 heteroatoms. The maximum absolute atomic E-state index is 11.1. The van der Waals surface area contributed by atoms with Gasteiger partial charge in [-0.3, -0.25) is 9.59 Å². The van der Waals surface area contributed by atoms with Crippen molar-refractivity contribution in [3.63, 3.8) is 0 Å². The van der Waals surface area contributed by atoms with Crippen molar-refractivity contribution >= 4 is 22.7 Å². The van der Waals surface area contributed by atoms with Crippen molar-refractivity contribution in [3.8, 4) is 0 Å². The molecule has 0 aliphatic rings. The van der Waals surface area contributed by atoms with Crippen LogP contribution in [0.3, 0.4) is 0 Å². The first kappa shape index (κ1) is 12.4. The molecule has 0 bridgehead atoms. The molecule has 0 rings (SSSR count). The maximum atomic E-state index is 11.1. The van der Waals surface area contributed by atoms with Gasteiger partial charge in [-0.1, -0.05) is 18.3 Å². The Morgan fingerprint density at radius 3 is 2.31 bits per heavy atom. The van der Waals surface area contributed by atoms with Crippen LogP contribution in [0, 0.1) is 0 Å². The Hall–Kier alpha value is -0.570. The standard InChI is InChI=1S/C10H16O2S/c1-8(2)10(12)6-4-5-7-13-9(3)11/h1,4-7H2,2-3H3. The number of Topliss-reactive ketones (excluding diaryl/α,β-unsaturated/α-hetero) is 1. The molecule has 2 nitrogen and oxygen atoms in total. The number of carbonyl (C=O) groups is 2. The fourth-order valence-electron chi connectivity index (χ4n) is 0.817. The van der Waals surface area contributed by atoms with Crippen LogP contribution in [-0.4, -0.2) is 16.7 Å². The van der Waals surface area contributed by atoms with Crippen LogP contribution < -0.4 is 0 Å². The van der Waals surface area contributed by atoms with Gasteiger partial charge in [0.15, 0.2) is 10.9 Å². The van der Waals surface area contributed by atoms with Gasteiger partial charge in [-0.05, 0) is 25.3 Å². The molecule has 0 fully saturated rings. The third kappa shape index (κ3) is 7.78. The van der Waals surface area contributed by atoms with Crippen LogP contribution in [0.2, 0.25) is 0 Å². The van der Waals surface area contributed by atoms with E-state index in [0.717, 1.165) is 18.6 Å². The largest absolute Gasteiger partial charge is 0.295 e. The predicted molar refractivity (Wildman–Crippen MR) is 56.8 cm³/mol. The molecule has 74 valence electrons. The zero-order chi connectivity index (χ0) is 10.3. The molecule has 0 aromatic carbocycles. The van der Waals surface area contributed by atoms with Crippen LogP contribution in [-0.2, 0) is 9.59 Å². The number of allylic oxidation sites excluding steroid dienone is 1. The summed E-state index contributed by atoms with van der Waals surface area (Å²) in [6, 6.07) is 0. The lowest BCUT2D eigenvalue weighted by Crippen LogP contribution is -1.98. The highest BCUT2D eigenvalue weighted by molar-refractivity contribution is 8.13. The molecule has 0 saturated carbocycles. The highest BCUT2D eigenvalue weighted by atomic mass is 32.2. The van der Waals surface area contributed by atoms with Gasteiger partial charge in [0.2, 0.25) is 0 Å². The van der Waals surface area contributed by atoms with E-state index in [0.29, 0.717) is 12.0 Å². The van der Waals surface area contributed by atoms with Crippen LogP contribution in [0.25, 0.3) is 0 Å². The van der Waals surface area contributed by atoms with E-state index in [1.807, 2.05) is 0 Å². The predicted octanol–water partition coefficient (Wildman–Crippen LogP) is 2.58. The number of rotatable bonds is 6. The van der Waals surface area contributed by atoms with Crippen molar-refractivity contribution in [2.45, 2.75) is 33.1 Å². The van der Waals surface area contributed by atoms with E-state index < -0.39 is 0 Å². The molecule has 0 heterocycles. The van der Waals surface area contributed by atoms with Gasteiger partial charge >= 0.3 is 0 Å². The Labute approximate surface area is 83.8 Å². The molecule has 0 atom stereocenters. The van der Waals surface area contributed by atoms with Crippen LogP contribution in [0.4, 0.5) is 0 Å². The Morgan fingerprint density at radius 2 is 1.85 bits per heavy atom. The molecule has 0 saturated heterocycles. The van der Waals surface area contributed by atoms with E-state index in [2.05, 4.69) is 6.58 Å². The number of unbranched alkanes of at least 4 members (excludes halogenated alkanes) is 1. The molecular formula is C10H16O2S. The third-order valence-corrected chi connectivity index (χ3v) is 2.48. The molecule has 0 unspecified atom stereocenters. The first-order valence-corrected chi connectivity index (χ1v) is 5.34. The molecule has 0 aliphatic carbocycles. The summed E-state index contributed by atoms with van der Waals surface area (Å²) in [4.78, 5) is 21.6. The van der Waals surface area contributed by atoms with Gasteiger partial charge in [0, 0.05) is 19.1 Å². The van der Waals surface area contributed by atoms with Gasteiger partial charge in [0.1, 0.15) is 0 Å². The second-order valence-electron chi connectivity index (χ2n) is 3.00. The summed E-state index contributed by atoms with van der Waals surface area (Å²) in [7, 11) is 0. The molecule has 13 heavy (non-hydrogen) atoms. The van der Waals surface area contributed by atoms with Crippen molar-refractivity contribution in [2.75, 3.05) is 5.75 Å². The average Bonchev–Trinajstić information content (AvgIpc) is 2.02. The molecule has 0 spiro atoms. The van der Waals surface area contributed by atoms with Crippen molar-refractivity contribution in [2.24, 2.45) is 0 Å². The van der Waals surface area contributed by atoms with E-state index in [1.165, 1.54) is 11.8 Å². The lowest BCUT2D eigenvalue weighted by Gasteiger charge is -1.98. The zero-order valence-corrected chi connectivity index (χ0v) is 9.08. The summed E-state index contributed by atoms with van der Waals surface area (Å²) >= 11 is 1.32. The van der Waals surface area contributed by atoms with E-state index in [-0.39, 0.29) is 10.9 Å². The van der Waals surface area contributed by atoms with Gasteiger partial charge in [-0.2, -0.15) is 0 Å². The SMILES string of the molecule is C=C(C)C(=O)CCCCSC(C)=O. The van der Waals surface area contributed by atoms with Crippen LogP contribution in [0.5, 0.6) is 0 Å². The van der Waals surface area contributed by atoms with Crippen LogP contribution in [0.1, 0.15) is 33.1 Å². The van der Waals surface area contributed by atoms with Gasteiger partial charge in [0.25, 0.3) is 0 Å². The number of carbonyl (C=O) groups excluding carboxylic acids is 2. The minimum atomic E-state index is 0.132. The van der Waals surface area contributed by atoms with Gasteiger partial charge in [-0.15, -0.1) is 0 Å². The lowest BCUT2D eigenvalue weighted by molar-refractivity contribution is -0.115. The van der Waals surface area contributed by atoms with E-state index in [1.54, 1.807) is 13.8 Å². The first-order valence-electron chi connectivity index (χ1n) is 4.36. The normalized spacial score (nSPS) is 9.69. The fraction of sp³-hybridized carbons (Fsp3) is 0.600. The lowest BCUT2D eigenvalue weighted by atomic mass is 10.1. The van der Waals surface area contributed by atoms with E-state index >= 15 is 0 Å². The van der Waals surface area contributed by atoms with Gasteiger partial charge in [0.05, 0.1) is 0 Å². The second kappa shape index (κ2) is 6.89. The fourth-order valence-corrected chi connectivity index (χ4v) is 1.45. The summed E-state index contributed by atoms with van der Waals surface area (Å²) in [6.07, 6.45) is 2.34. The summed E-state index contributed by atoms with van der Waals surface area (Å²) in [5, 5.41) is 0.145. The smallest absolute Gasteiger partial charge is 0.185 e. The van der Waals surface area contributed by atoms with Crippen molar-refractivity contribution in [3.05, 3.63) is 12.2 Å². The van der Waals surface area contributed by atoms with Crippen molar-refractivity contribution < 1.29 is 9.59 Å². The molecule has 0 aromatic rings. The Morgan fingerprint density at radius 1 is 1.23 bits per heavy atom. The maximum Gasteiger partial charge on any atom is 0.185 e. The molecule has 0 amide bonds. The first-order chi connectivity index (χ1) is 6.04. The van der Waals surface area contributed by atoms with E-state index in [9.17, 15) is 9.59 Å². The topological polar surface area (TPSA) is 34.1 Å². The summed E-state index contributed by atoms with van der Waals surface area (Å²) < 4.78 is 0. The van der Waals surface area contributed by atoms with E-state index in [4.69, 9.17) is 0 Å². The minimum absolute atomic E-state index is 0.132. The molecular weight excluding hydrogens is 184 g/mol. The number of ketones is 1. The van der Waals surface area contributed by atoms with Gasteiger partial charge in [-0.25, -0.2) is 0 Å². The average molecular weight is 200 g/mol. The monoisotopic (exact) mass is 200 g/mol. The van der Waals surface area contributed by atoms with Crippen LogP contribution in [0.15, 0.2) is 12.2 Å². The third-order valence-electron chi connectivity index (χ3n) is 1.58. The minimum Gasteiger partial charge on any atom is -0.295 e. The molecule has 0 N–H and O–H groups in total. The van der Waals surface area contributed by atoms with Crippen molar-refractivity contribution in [1.29, 1.82) is 0 Å². The zero-order valence-electron chi connectivity index (χ0n) is 8.26. The van der Waals surface area contributed by atoms with Crippen molar-refractivity contribution in [1.82, 2.24) is 0 Å². The highest BCUT2D eigenvalue weighted by Gasteiger charge is 2.01. The molecule has 0 radical (unpaired) electrons. The number of thioether (sulfide) groups is 1. The quantitative estimate of drug-likeness (QED) is 0.488. The number of hydrogen-bond donors (Lipinski definition) is 0. The second-order valence-corrected chi connectivity index (χ2v) is 4.27. The summed E-state index contributed by atoms with van der Waals surface area (Å²) in [6.45, 7) is 6.86.